The van der Waals surface area contributed by atoms with Gasteiger partial charge in [-0.15, -0.1) is 0 Å². The van der Waals surface area contributed by atoms with Crippen LogP contribution in [-0.2, 0) is 0 Å². The molecule has 0 aliphatic heterocycles. The normalized spacial score (nSPS) is 12.2. The number of aromatic nitrogens is 2. The number of anilines is 2. The van der Waals surface area contributed by atoms with Crippen LogP contribution >= 0.6 is 11.8 Å². The summed E-state index contributed by atoms with van der Waals surface area (Å²) >= 11 is 1.93. The average Bonchev–Trinajstić information content (AvgIpc) is 2.29. The molecule has 1 atom stereocenters. The van der Waals surface area contributed by atoms with Crippen molar-refractivity contribution >= 4 is 23.5 Å². The highest BCUT2D eigenvalue weighted by Gasteiger charge is 2.06. The molecule has 0 aliphatic rings. The fraction of sp³-hybridized carbons (Fsp3) is 0.636. The number of nitrogens with zero attached hydrogens (tertiary/aromatic N) is 2. The van der Waals surface area contributed by atoms with Gasteiger partial charge in [-0.1, -0.05) is 6.92 Å². The Labute approximate surface area is 102 Å². The summed E-state index contributed by atoms with van der Waals surface area (Å²) in [5.41, 5.74) is 1.08. The molecule has 0 spiro atoms. The molecule has 0 saturated carbocycles. The first kappa shape index (κ1) is 13.1. The average molecular weight is 240 g/mol. The van der Waals surface area contributed by atoms with Crippen molar-refractivity contribution in [3.05, 3.63) is 11.8 Å². The zero-order valence-corrected chi connectivity index (χ0v) is 11.2. The van der Waals surface area contributed by atoms with Crippen molar-refractivity contribution in [1.29, 1.82) is 0 Å². The zero-order valence-electron chi connectivity index (χ0n) is 10.4. The van der Waals surface area contributed by atoms with Gasteiger partial charge in [-0.05, 0) is 19.6 Å². The van der Waals surface area contributed by atoms with E-state index in [1.165, 1.54) is 0 Å². The second-order valence-corrected chi connectivity index (χ2v) is 5.00. The van der Waals surface area contributed by atoms with Gasteiger partial charge in [0.15, 0.2) is 0 Å². The topological polar surface area (TPSA) is 49.8 Å². The van der Waals surface area contributed by atoms with Gasteiger partial charge in [-0.2, -0.15) is 16.7 Å². The van der Waals surface area contributed by atoms with Crippen molar-refractivity contribution in [3.8, 4) is 0 Å². The Morgan fingerprint density at radius 2 is 2.25 bits per heavy atom. The lowest BCUT2D eigenvalue weighted by Crippen LogP contribution is -2.20. The molecule has 16 heavy (non-hydrogen) atoms. The van der Waals surface area contributed by atoms with E-state index in [4.69, 9.17) is 0 Å². The summed E-state index contributed by atoms with van der Waals surface area (Å²) in [5.74, 6) is 3.82. The van der Waals surface area contributed by atoms with E-state index in [2.05, 4.69) is 34.4 Å². The smallest absolute Gasteiger partial charge is 0.224 e. The van der Waals surface area contributed by atoms with Crippen molar-refractivity contribution in [3.63, 3.8) is 0 Å². The third kappa shape index (κ3) is 3.89. The van der Waals surface area contributed by atoms with E-state index in [9.17, 15) is 0 Å². The Morgan fingerprint density at radius 3 is 2.88 bits per heavy atom. The summed E-state index contributed by atoms with van der Waals surface area (Å²) in [7, 11) is 1.82. The first-order chi connectivity index (χ1) is 7.67. The number of hydrogen-bond donors (Lipinski definition) is 2. The third-order valence-electron chi connectivity index (χ3n) is 2.15. The maximum absolute atomic E-state index is 4.40. The Bertz CT molecular complexity index is 330. The fourth-order valence-electron chi connectivity index (χ4n) is 1.28. The highest BCUT2D eigenvalue weighted by Crippen LogP contribution is 2.14. The summed E-state index contributed by atoms with van der Waals surface area (Å²) in [4.78, 5) is 8.56. The van der Waals surface area contributed by atoms with Gasteiger partial charge in [0.2, 0.25) is 5.95 Å². The van der Waals surface area contributed by atoms with E-state index in [0.717, 1.165) is 22.9 Å². The van der Waals surface area contributed by atoms with Gasteiger partial charge in [0.25, 0.3) is 0 Å². The Balaban J connectivity index is 2.64. The summed E-state index contributed by atoms with van der Waals surface area (Å²) in [6, 6.07) is 0.420. The van der Waals surface area contributed by atoms with Crippen molar-refractivity contribution in [2.75, 3.05) is 29.2 Å². The van der Waals surface area contributed by atoms with Crippen LogP contribution in [0, 0.1) is 6.92 Å². The Kier molecular flexibility index (Phi) is 5.38. The molecule has 0 amide bonds. The third-order valence-corrected chi connectivity index (χ3v) is 3.29. The van der Waals surface area contributed by atoms with E-state index in [1.54, 1.807) is 0 Å². The predicted molar refractivity (Wildman–Crippen MR) is 72.4 cm³/mol. The van der Waals surface area contributed by atoms with E-state index in [1.807, 2.05) is 31.9 Å². The number of hydrogen-bond acceptors (Lipinski definition) is 5. The van der Waals surface area contributed by atoms with Crippen LogP contribution in [0.2, 0.25) is 0 Å². The van der Waals surface area contributed by atoms with Crippen LogP contribution in [0.1, 0.15) is 19.4 Å². The molecular weight excluding hydrogens is 220 g/mol. The first-order valence-electron chi connectivity index (χ1n) is 5.53. The van der Waals surface area contributed by atoms with Gasteiger partial charge < -0.3 is 10.6 Å². The monoisotopic (exact) mass is 240 g/mol. The van der Waals surface area contributed by atoms with Gasteiger partial charge in [0, 0.05) is 30.6 Å². The van der Waals surface area contributed by atoms with E-state index < -0.39 is 0 Å². The van der Waals surface area contributed by atoms with Crippen LogP contribution in [-0.4, -0.2) is 34.6 Å². The minimum Gasteiger partial charge on any atom is -0.366 e. The van der Waals surface area contributed by atoms with Gasteiger partial charge >= 0.3 is 0 Å². The highest BCUT2D eigenvalue weighted by molar-refractivity contribution is 7.99. The van der Waals surface area contributed by atoms with E-state index >= 15 is 0 Å². The Hall–Kier alpha value is -0.970. The molecule has 1 unspecified atom stereocenters. The van der Waals surface area contributed by atoms with Crippen LogP contribution in [0.15, 0.2) is 6.20 Å². The summed E-state index contributed by atoms with van der Waals surface area (Å²) < 4.78 is 0. The lowest BCUT2D eigenvalue weighted by Gasteiger charge is -2.15. The number of thioether (sulfide) groups is 1. The van der Waals surface area contributed by atoms with Crippen LogP contribution < -0.4 is 10.6 Å². The molecule has 1 aromatic heterocycles. The zero-order chi connectivity index (χ0) is 12.0. The van der Waals surface area contributed by atoms with Gasteiger partial charge in [0.1, 0.15) is 5.82 Å². The van der Waals surface area contributed by atoms with Crippen LogP contribution in [0.3, 0.4) is 0 Å². The van der Waals surface area contributed by atoms with Gasteiger partial charge in [0.05, 0.1) is 0 Å². The molecular formula is C11H20N4S. The van der Waals surface area contributed by atoms with Crippen LogP contribution in [0.4, 0.5) is 11.8 Å². The molecule has 90 valence electrons. The van der Waals surface area contributed by atoms with Crippen molar-refractivity contribution in [1.82, 2.24) is 9.97 Å². The summed E-state index contributed by atoms with van der Waals surface area (Å²) in [5, 5.41) is 6.35. The molecule has 1 heterocycles. The second-order valence-electron chi connectivity index (χ2n) is 3.68. The van der Waals surface area contributed by atoms with Crippen LogP contribution in [0.5, 0.6) is 0 Å². The number of nitrogens with one attached hydrogen (secondary N) is 2. The lowest BCUT2D eigenvalue weighted by molar-refractivity contribution is 0.895. The van der Waals surface area contributed by atoms with E-state index in [0.29, 0.717) is 12.0 Å². The predicted octanol–water partition coefficient (Wildman–Crippen LogP) is 2.38. The maximum atomic E-state index is 4.40. The van der Waals surface area contributed by atoms with E-state index in [-0.39, 0.29) is 0 Å². The minimum absolute atomic E-state index is 0.420. The molecule has 0 aliphatic carbocycles. The summed E-state index contributed by atoms with van der Waals surface area (Å²) in [6.45, 7) is 6.36. The quantitative estimate of drug-likeness (QED) is 0.799. The molecule has 0 radical (unpaired) electrons. The molecule has 2 N–H and O–H groups in total. The molecule has 1 aromatic rings. The van der Waals surface area contributed by atoms with Crippen molar-refractivity contribution in [2.45, 2.75) is 26.8 Å². The molecule has 0 saturated heterocycles. The number of aryl methyl sites for hydroxylation is 1. The second kappa shape index (κ2) is 6.58. The molecule has 5 heteroatoms. The molecule has 4 nitrogen and oxygen atoms in total. The SMILES string of the molecule is CCSCC(C)Nc1nc(NC)ncc1C. The van der Waals surface area contributed by atoms with Gasteiger partial charge in [-0.3, -0.25) is 0 Å². The van der Waals surface area contributed by atoms with Crippen molar-refractivity contribution < 1.29 is 0 Å². The molecule has 1 rings (SSSR count). The number of rotatable bonds is 6. The maximum Gasteiger partial charge on any atom is 0.224 e. The fourth-order valence-corrected chi connectivity index (χ4v) is 1.95. The molecule has 0 fully saturated rings. The lowest BCUT2D eigenvalue weighted by atomic mass is 10.3. The first-order valence-corrected chi connectivity index (χ1v) is 6.68. The molecule has 0 aromatic carbocycles. The summed E-state index contributed by atoms with van der Waals surface area (Å²) in [6.07, 6.45) is 1.83. The Morgan fingerprint density at radius 1 is 1.50 bits per heavy atom. The standard InChI is InChI=1S/C11H20N4S/c1-5-16-7-9(3)14-10-8(2)6-13-11(12-4)15-10/h6,9H,5,7H2,1-4H3,(H2,12,13,14,15). The highest BCUT2D eigenvalue weighted by atomic mass is 32.2. The van der Waals surface area contributed by atoms with Crippen molar-refractivity contribution in [2.24, 2.45) is 0 Å². The minimum atomic E-state index is 0.420. The van der Waals surface area contributed by atoms with Crippen LogP contribution in [0.25, 0.3) is 0 Å². The van der Waals surface area contributed by atoms with Gasteiger partial charge in [-0.25, -0.2) is 4.98 Å². The molecule has 0 bridgehead atoms. The largest absolute Gasteiger partial charge is 0.366 e.